The zero-order valence-electron chi connectivity index (χ0n) is 10.2. The summed E-state index contributed by atoms with van der Waals surface area (Å²) in [6, 6.07) is 5.88. The van der Waals surface area contributed by atoms with Crippen LogP contribution in [0.3, 0.4) is 0 Å². The van der Waals surface area contributed by atoms with Gasteiger partial charge in [0.1, 0.15) is 13.2 Å². The second-order valence-corrected chi connectivity index (χ2v) is 4.23. The van der Waals surface area contributed by atoms with E-state index in [0.29, 0.717) is 13.2 Å². The number of anilines is 1. The van der Waals surface area contributed by atoms with Crippen molar-refractivity contribution in [3.05, 3.63) is 36.2 Å². The van der Waals surface area contributed by atoms with Crippen molar-refractivity contribution in [1.29, 1.82) is 0 Å². The number of hydrogen-bond acceptors (Lipinski definition) is 4. The molecule has 0 atom stereocenters. The highest BCUT2D eigenvalue weighted by Gasteiger charge is 2.11. The number of ether oxygens (including phenoxy) is 2. The van der Waals surface area contributed by atoms with Crippen molar-refractivity contribution in [3.8, 4) is 11.5 Å². The molecule has 0 fully saturated rings. The summed E-state index contributed by atoms with van der Waals surface area (Å²) in [5.41, 5.74) is 2.16. The van der Waals surface area contributed by atoms with Gasteiger partial charge in [-0.15, -0.1) is 0 Å². The summed E-state index contributed by atoms with van der Waals surface area (Å²) >= 11 is 0. The predicted molar refractivity (Wildman–Crippen MR) is 68.0 cm³/mol. The van der Waals surface area contributed by atoms with Crippen molar-refractivity contribution in [1.82, 2.24) is 9.78 Å². The Kier molecular flexibility index (Phi) is 2.80. The standard InChI is InChI=1S/C13H15N3O2/c1-16-9-10(8-15-16)7-14-11-2-3-12-13(6-11)18-5-4-17-12/h2-3,6,8-9,14H,4-5,7H2,1H3. The van der Waals surface area contributed by atoms with Gasteiger partial charge in [-0.25, -0.2) is 0 Å². The minimum atomic E-state index is 0.610. The van der Waals surface area contributed by atoms with Crippen molar-refractivity contribution in [2.24, 2.45) is 7.05 Å². The van der Waals surface area contributed by atoms with Crippen LogP contribution in [-0.2, 0) is 13.6 Å². The van der Waals surface area contributed by atoms with Gasteiger partial charge in [0, 0.05) is 37.1 Å². The first-order chi connectivity index (χ1) is 8.81. The van der Waals surface area contributed by atoms with Gasteiger partial charge in [0.05, 0.1) is 6.20 Å². The molecule has 1 aliphatic rings. The maximum absolute atomic E-state index is 5.54. The fraction of sp³-hybridized carbons (Fsp3) is 0.308. The lowest BCUT2D eigenvalue weighted by Gasteiger charge is -2.19. The first-order valence-electron chi connectivity index (χ1n) is 5.92. The van der Waals surface area contributed by atoms with Gasteiger partial charge in [0.25, 0.3) is 0 Å². The molecule has 1 aliphatic heterocycles. The van der Waals surface area contributed by atoms with E-state index in [1.807, 2.05) is 37.6 Å². The fourth-order valence-electron chi connectivity index (χ4n) is 1.92. The largest absolute Gasteiger partial charge is 0.486 e. The Morgan fingerprint density at radius 2 is 2.11 bits per heavy atom. The van der Waals surface area contributed by atoms with E-state index in [9.17, 15) is 0 Å². The molecule has 18 heavy (non-hydrogen) atoms. The molecule has 0 saturated heterocycles. The average Bonchev–Trinajstić information content (AvgIpc) is 2.82. The number of rotatable bonds is 3. The van der Waals surface area contributed by atoms with E-state index in [1.54, 1.807) is 4.68 Å². The van der Waals surface area contributed by atoms with Crippen LogP contribution in [0.1, 0.15) is 5.56 Å². The lowest BCUT2D eigenvalue weighted by molar-refractivity contribution is 0.171. The second kappa shape index (κ2) is 4.60. The quantitative estimate of drug-likeness (QED) is 0.895. The van der Waals surface area contributed by atoms with Crippen LogP contribution in [0, 0.1) is 0 Å². The summed E-state index contributed by atoms with van der Waals surface area (Å²) in [6.45, 7) is 1.97. The SMILES string of the molecule is Cn1cc(CNc2ccc3c(c2)OCCO3)cn1. The molecule has 0 aliphatic carbocycles. The minimum Gasteiger partial charge on any atom is -0.486 e. The topological polar surface area (TPSA) is 48.3 Å². The van der Waals surface area contributed by atoms with E-state index in [2.05, 4.69) is 10.4 Å². The normalized spacial score (nSPS) is 13.4. The van der Waals surface area contributed by atoms with Crippen LogP contribution in [-0.4, -0.2) is 23.0 Å². The van der Waals surface area contributed by atoms with Crippen molar-refractivity contribution >= 4 is 5.69 Å². The van der Waals surface area contributed by atoms with Gasteiger partial charge >= 0.3 is 0 Å². The molecule has 0 bridgehead atoms. The van der Waals surface area contributed by atoms with Crippen molar-refractivity contribution in [2.45, 2.75) is 6.54 Å². The molecular weight excluding hydrogens is 230 g/mol. The van der Waals surface area contributed by atoms with Crippen LogP contribution in [0.2, 0.25) is 0 Å². The Labute approximate surface area is 105 Å². The van der Waals surface area contributed by atoms with Gasteiger partial charge in [-0.2, -0.15) is 5.10 Å². The third-order valence-corrected chi connectivity index (χ3v) is 2.80. The van der Waals surface area contributed by atoms with Gasteiger partial charge in [-0.05, 0) is 12.1 Å². The Balaban J connectivity index is 1.69. The maximum atomic E-state index is 5.54. The molecule has 1 N–H and O–H groups in total. The monoisotopic (exact) mass is 245 g/mol. The third-order valence-electron chi connectivity index (χ3n) is 2.80. The predicted octanol–water partition coefficient (Wildman–Crippen LogP) is 1.80. The van der Waals surface area contributed by atoms with E-state index >= 15 is 0 Å². The first-order valence-corrected chi connectivity index (χ1v) is 5.92. The molecule has 2 heterocycles. The number of benzene rings is 1. The number of aromatic nitrogens is 2. The van der Waals surface area contributed by atoms with E-state index in [0.717, 1.165) is 29.3 Å². The number of nitrogens with zero attached hydrogens (tertiary/aromatic N) is 2. The van der Waals surface area contributed by atoms with E-state index in [1.165, 1.54) is 0 Å². The number of aryl methyl sites for hydroxylation is 1. The second-order valence-electron chi connectivity index (χ2n) is 4.23. The van der Waals surface area contributed by atoms with Gasteiger partial charge in [0.2, 0.25) is 0 Å². The van der Waals surface area contributed by atoms with Crippen LogP contribution >= 0.6 is 0 Å². The molecule has 0 amide bonds. The summed E-state index contributed by atoms with van der Waals surface area (Å²) in [5, 5.41) is 7.47. The fourth-order valence-corrected chi connectivity index (χ4v) is 1.92. The Hall–Kier alpha value is -2.17. The van der Waals surface area contributed by atoms with Crippen LogP contribution in [0.4, 0.5) is 5.69 Å². The molecule has 5 heteroatoms. The van der Waals surface area contributed by atoms with Gasteiger partial charge in [0.15, 0.2) is 11.5 Å². The molecule has 2 aromatic rings. The molecule has 94 valence electrons. The summed E-state index contributed by atoms with van der Waals surface area (Å²) in [4.78, 5) is 0. The highest BCUT2D eigenvalue weighted by atomic mass is 16.6. The minimum absolute atomic E-state index is 0.610. The zero-order valence-corrected chi connectivity index (χ0v) is 10.2. The lowest BCUT2D eigenvalue weighted by atomic mass is 10.2. The summed E-state index contributed by atoms with van der Waals surface area (Å²) in [7, 11) is 1.91. The van der Waals surface area contributed by atoms with Gasteiger partial charge in [-0.3, -0.25) is 4.68 Å². The first kappa shape index (κ1) is 11.0. The van der Waals surface area contributed by atoms with E-state index in [4.69, 9.17) is 9.47 Å². The van der Waals surface area contributed by atoms with E-state index < -0.39 is 0 Å². The highest BCUT2D eigenvalue weighted by molar-refractivity contribution is 5.55. The van der Waals surface area contributed by atoms with Gasteiger partial charge in [-0.1, -0.05) is 0 Å². The van der Waals surface area contributed by atoms with Crippen LogP contribution < -0.4 is 14.8 Å². The van der Waals surface area contributed by atoms with Gasteiger partial charge < -0.3 is 14.8 Å². The number of hydrogen-bond donors (Lipinski definition) is 1. The number of nitrogens with one attached hydrogen (secondary N) is 1. The molecule has 1 aromatic carbocycles. The summed E-state index contributed by atoms with van der Waals surface area (Å²) < 4.78 is 12.8. The third kappa shape index (κ3) is 2.25. The van der Waals surface area contributed by atoms with Crippen LogP contribution in [0.25, 0.3) is 0 Å². The maximum Gasteiger partial charge on any atom is 0.163 e. The Bertz CT molecular complexity index is 551. The number of fused-ring (bicyclic) bond motifs is 1. The van der Waals surface area contributed by atoms with Crippen LogP contribution in [0.15, 0.2) is 30.6 Å². The average molecular weight is 245 g/mol. The molecule has 1 aromatic heterocycles. The zero-order chi connectivity index (χ0) is 12.4. The molecular formula is C13H15N3O2. The van der Waals surface area contributed by atoms with E-state index in [-0.39, 0.29) is 0 Å². The Morgan fingerprint density at radius 1 is 1.28 bits per heavy atom. The molecule has 0 radical (unpaired) electrons. The van der Waals surface area contributed by atoms with Crippen molar-refractivity contribution < 1.29 is 9.47 Å². The summed E-state index contributed by atoms with van der Waals surface area (Å²) in [6.07, 6.45) is 3.84. The highest BCUT2D eigenvalue weighted by Crippen LogP contribution is 2.32. The Morgan fingerprint density at radius 3 is 2.89 bits per heavy atom. The van der Waals surface area contributed by atoms with Crippen molar-refractivity contribution in [2.75, 3.05) is 18.5 Å². The lowest BCUT2D eigenvalue weighted by Crippen LogP contribution is -2.15. The van der Waals surface area contributed by atoms with Crippen molar-refractivity contribution in [3.63, 3.8) is 0 Å². The summed E-state index contributed by atoms with van der Waals surface area (Å²) in [5.74, 6) is 1.62. The molecule has 0 spiro atoms. The molecule has 0 saturated carbocycles. The molecule has 3 rings (SSSR count). The smallest absolute Gasteiger partial charge is 0.163 e. The van der Waals surface area contributed by atoms with Crippen LogP contribution in [0.5, 0.6) is 11.5 Å². The molecule has 5 nitrogen and oxygen atoms in total. The molecule has 0 unspecified atom stereocenters.